The van der Waals surface area contributed by atoms with E-state index in [0.29, 0.717) is 5.69 Å². The molecule has 1 saturated carbocycles. The van der Waals surface area contributed by atoms with E-state index >= 15 is 0 Å². The van der Waals surface area contributed by atoms with Crippen LogP contribution in [-0.4, -0.2) is 26.7 Å². The molecule has 1 N–H and O–H groups in total. The molecule has 0 aliphatic heterocycles. The molecule has 3 rings (SSSR count). The maximum absolute atomic E-state index is 12.1. The molecule has 1 aliphatic rings. The highest BCUT2D eigenvalue weighted by atomic mass is 16.2. The van der Waals surface area contributed by atoms with Crippen molar-refractivity contribution >= 4 is 5.91 Å². The van der Waals surface area contributed by atoms with Crippen molar-refractivity contribution in [3.8, 4) is 11.3 Å². The number of amides is 1. The minimum Gasteiger partial charge on any atom is -0.352 e. The third-order valence-electron chi connectivity index (χ3n) is 3.47. The lowest BCUT2D eigenvalue weighted by Crippen LogP contribution is -2.37. The van der Waals surface area contributed by atoms with Crippen molar-refractivity contribution in [2.24, 2.45) is 0 Å². The van der Waals surface area contributed by atoms with Gasteiger partial charge in [0.05, 0.1) is 5.69 Å². The summed E-state index contributed by atoms with van der Waals surface area (Å²) in [5, 5.41) is 7.20. The molecule has 1 unspecified atom stereocenters. The molecule has 0 aromatic carbocycles. The van der Waals surface area contributed by atoms with Crippen LogP contribution in [0.3, 0.4) is 0 Å². The molecule has 1 fully saturated rings. The first-order chi connectivity index (χ1) is 10.1. The number of nitrogens with one attached hydrogen (secondary N) is 1. The van der Waals surface area contributed by atoms with E-state index in [2.05, 4.69) is 15.4 Å². The summed E-state index contributed by atoms with van der Waals surface area (Å²) in [5.41, 5.74) is 1.21. The predicted molar refractivity (Wildman–Crippen MR) is 77.6 cm³/mol. The summed E-state index contributed by atoms with van der Waals surface area (Å²) in [6.45, 7) is 1.68. The molecule has 0 bridgehead atoms. The molecular weight excluding hydrogens is 268 g/mol. The number of nitrogens with zero attached hydrogens (tertiary/aromatic N) is 3. The summed E-state index contributed by atoms with van der Waals surface area (Å²) >= 11 is 0. The lowest BCUT2D eigenvalue weighted by molar-refractivity contribution is -0.124. The number of hydrogen-bond acceptors (Lipinski definition) is 4. The fraction of sp³-hybridized carbons (Fsp3) is 0.333. The molecule has 21 heavy (non-hydrogen) atoms. The van der Waals surface area contributed by atoms with Crippen molar-refractivity contribution < 1.29 is 4.79 Å². The summed E-state index contributed by atoms with van der Waals surface area (Å²) in [4.78, 5) is 28.0. The molecule has 0 saturated heterocycles. The molecule has 0 spiro atoms. The van der Waals surface area contributed by atoms with E-state index < -0.39 is 6.04 Å². The zero-order chi connectivity index (χ0) is 14.8. The predicted octanol–water partition coefficient (Wildman–Crippen LogP) is 1.14. The van der Waals surface area contributed by atoms with Crippen molar-refractivity contribution in [2.75, 3.05) is 0 Å². The molecule has 2 heterocycles. The molecule has 1 amide bonds. The first-order valence-electron chi connectivity index (χ1n) is 6.96. The van der Waals surface area contributed by atoms with Gasteiger partial charge in [0.15, 0.2) is 0 Å². The fourth-order valence-electron chi connectivity index (χ4n) is 2.04. The number of carbonyl (C=O) groups excluding carboxylic acids is 1. The van der Waals surface area contributed by atoms with Gasteiger partial charge in [0.2, 0.25) is 5.91 Å². The Hall–Kier alpha value is -2.50. The standard InChI is InChI=1S/C15H16N4O2/c1-10(15(21)17-12-2-3-12)19-14(20)5-4-13(18-19)11-6-8-16-9-7-11/h4-10,12H,2-3H2,1H3,(H,17,21). The Labute approximate surface area is 121 Å². The van der Waals surface area contributed by atoms with Gasteiger partial charge in [-0.25, -0.2) is 4.68 Å². The van der Waals surface area contributed by atoms with Gasteiger partial charge in [0.1, 0.15) is 6.04 Å². The number of aromatic nitrogens is 3. The Bertz CT molecular complexity index is 707. The van der Waals surface area contributed by atoms with Gasteiger partial charge in [-0.15, -0.1) is 0 Å². The van der Waals surface area contributed by atoms with E-state index in [-0.39, 0.29) is 17.5 Å². The van der Waals surface area contributed by atoms with Crippen LogP contribution in [0.25, 0.3) is 11.3 Å². The Kier molecular flexibility index (Phi) is 3.51. The van der Waals surface area contributed by atoms with Crippen molar-refractivity contribution in [3.63, 3.8) is 0 Å². The van der Waals surface area contributed by atoms with Gasteiger partial charge in [0.25, 0.3) is 5.56 Å². The average Bonchev–Trinajstić information content (AvgIpc) is 3.32. The zero-order valence-corrected chi connectivity index (χ0v) is 11.7. The molecule has 6 nitrogen and oxygen atoms in total. The van der Waals surface area contributed by atoms with Crippen LogP contribution in [0.4, 0.5) is 0 Å². The Balaban J connectivity index is 1.90. The molecule has 108 valence electrons. The molecule has 0 radical (unpaired) electrons. The van der Waals surface area contributed by atoms with Gasteiger partial charge in [-0.05, 0) is 38.0 Å². The summed E-state index contributed by atoms with van der Waals surface area (Å²) in [6, 6.07) is 6.35. The first-order valence-corrected chi connectivity index (χ1v) is 6.96. The van der Waals surface area contributed by atoms with Crippen LogP contribution in [0.2, 0.25) is 0 Å². The smallest absolute Gasteiger partial charge is 0.267 e. The molecule has 1 aliphatic carbocycles. The Morgan fingerprint density at radius 1 is 1.29 bits per heavy atom. The maximum atomic E-state index is 12.1. The Morgan fingerprint density at radius 2 is 2.00 bits per heavy atom. The summed E-state index contributed by atoms with van der Waals surface area (Å²) in [7, 11) is 0. The van der Waals surface area contributed by atoms with Crippen LogP contribution in [0.5, 0.6) is 0 Å². The van der Waals surface area contributed by atoms with Crippen molar-refractivity contribution in [2.45, 2.75) is 31.8 Å². The average molecular weight is 284 g/mol. The number of pyridine rings is 1. The SMILES string of the molecule is CC(C(=O)NC1CC1)n1nc(-c2ccncc2)ccc1=O. The van der Waals surface area contributed by atoms with Gasteiger partial charge >= 0.3 is 0 Å². The molecule has 2 aromatic rings. The molecule has 1 atom stereocenters. The number of carbonyl (C=O) groups is 1. The third kappa shape index (κ3) is 2.99. The normalized spacial score (nSPS) is 15.5. The van der Waals surface area contributed by atoms with E-state index in [4.69, 9.17) is 0 Å². The zero-order valence-electron chi connectivity index (χ0n) is 11.7. The van der Waals surface area contributed by atoms with E-state index in [9.17, 15) is 9.59 Å². The highest BCUT2D eigenvalue weighted by molar-refractivity contribution is 5.80. The van der Waals surface area contributed by atoms with E-state index in [1.54, 1.807) is 25.4 Å². The van der Waals surface area contributed by atoms with Crippen LogP contribution in [-0.2, 0) is 4.79 Å². The molecular formula is C15H16N4O2. The highest BCUT2D eigenvalue weighted by Crippen LogP contribution is 2.20. The van der Waals surface area contributed by atoms with E-state index in [1.165, 1.54) is 10.7 Å². The monoisotopic (exact) mass is 284 g/mol. The van der Waals surface area contributed by atoms with Gasteiger partial charge < -0.3 is 5.32 Å². The minimum atomic E-state index is -0.625. The van der Waals surface area contributed by atoms with E-state index in [0.717, 1.165) is 18.4 Å². The second kappa shape index (κ2) is 5.47. The van der Waals surface area contributed by atoms with Crippen molar-refractivity contribution in [1.82, 2.24) is 20.1 Å². The second-order valence-corrected chi connectivity index (χ2v) is 5.20. The van der Waals surface area contributed by atoms with Gasteiger partial charge in [-0.3, -0.25) is 14.6 Å². The third-order valence-corrected chi connectivity index (χ3v) is 3.47. The lowest BCUT2D eigenvalue weighted by atomic mass is 10.2. The van der Waals surface area contributed by atoms with Gasteiger partial charge in [-0.1, -0.05) is 0 Å². The maximum Gasteiger partial charge on any atom is 0.267 e. The van der Waals surface area contributed by atoms with Gasteiger partial charge in [-0.2, -0.15) is 5.10 Å². The fourth-order valence-corrected chi connectivity index (χ4v) is 2.04. The van der Waals surface area contributed by atoms with Crippen LogP contribution in [0, 0.1) is 0 Å². The second-order valence-electron chi connectivity index (χ2n) is 5.20. The van der Waals surface area contributed by atoms with Gasteiger partial charge in [0, 0.05) is 30.1 Å². The molecule has 6 heteroatoms. The van der Waals surface area contributed by atoms with Crippen LogP contribution in [0.1, 0.15) is 25.8 Å². The summed E-state index contributed by atoms with van der Waals surface area (Å²) < 4.78 is 1.23. The van der Waals surface area contributed by atoms with E-state index in [1.807, 2.05) is 12.1 Å². The summed E-state index contributed by atoms with van der Waals surface area (Å²) in [5.74, 6) is -0.168. The topological polar surface area (TPSA) is 76.9 Å². The molecule has 2 aromatic heterocycles. The lowest BCUT2D eigenvalue weighted by Gasteiger charge is -2.14. The minimum absolute atomic E-state index is 0.168. The van der Waals surface area contributed by atoms with Crippen molar-refractivity contribution in [1.29, 1.82) is 0 Å². The first kappa shape index (κ1) is 13.5. The highest BCUT2D eigenvalue weighted by Gasteiger charge is 2.27. The number of hydrogen-bond donors (Lipinski definition) is 1. The van der Waals surface area contributed by atoms with Crippen LogP contribution >= 0.6 is 0 Å². The largest absolute Gasteiger partial charge is 0.352 e. The Morgan fingerprint density at radius 3 is 2.67 bits per heavy atom. The quantitative estimate of drug-likeness (QED) is 0.913. The van der Waals surface area contributed by atoms with Crippen LogP contribution < -0.4 is 10.9 Å². The van der Waals surface area contributed by atoms with Crippen LogP contribution in [0.15, 0.2) is 41.5 Å². The number of rotatable bonds is 4. The van der Waals surface area contributed by atoms with Crippen molar-refractivity contribution in [3.05, 3.63) is 47.0 Å². The summed E-state index contributed by atoms with van der Waals surface area (Å²) in [6.07, 6.45) is 5.35.